The van der Waals surface area contributed by atoms with E-state index in [1.54, 1.807) is 18.5 Å². The summed E-state index contributed by atoms with van der Waals surface area (Å²) in [6, 6.07) is 9.22. The van der Waals surface area contributed by atoms with Crippen LogP contribution in [0.1, 0.15) is 27.0 Å². The first-order valence-corrected chi connectivity index (χ1v) is 5.80. The molecule has 0 radical (unpaired) electrons. The molecule has 2 rings (SSSR count). The van der Waals surface area contributed by atoms with Gasteiger partial charge in [-0.3, -0.25) is 4.98 Å². The first kappa shape index (κ1) is 12.3. The van der Waals surface area contributed by atoms with Crippen molar-refractivity contribution in [2.24, 2.45) is 0 Å². The van der Waals surface area contributed by atoms with Gasteiger partial charge < -0.3 is 4.74 Å². The third-order valence-electron chi connectivity index (χ3n) is 2.86. The van der Waals surface area contributed by atoms with E-state index in [1.807, 2.05) is 38.1 Å². The highest BCUT2D eigenvalue weighted by Gasteiger charge is 2.08. The SMILES string of the molecule is Cc1ccc(C(=O)OCc2ccncc2)cc1C. The van der Waals surface area contributed by atoms with Crippen LogP contribution < -0.4 is 0 Å². The van der Waals surface area contributed by atoms with Gasteiger partial charge in [0.05, 0.1) is 5.56 Å². The van der Waals surface area contributed by atoms with Gasteiger partial charge in [-0.1, -0.05) is 6.07 Å². The first-order chi connectivity index (χ1) is 8.66. The maximum Gasteiger partial charge on any atom is 0.338 e. The van der Waals surface area contributed by atoms with Crippen molar-refractivity contribution >= 4 is 5.97 Å². The number of hydrogen-bond donors (Lipinski definition) is 0. The number of hydrogen-bond acceptors (Lipinski definition) is 3. The maximum absolute atomic E-state index is 11.8. The minimum atomic E-state index is -0.296. The second-order valence-corrected chi connectivity index (χ2v) is 4.23. The molecule has 92 valence electrons. The van der Waals surface area contributed by atoms with E-state index in [-0.39, 0.29) is 12.6 Å². The summed E-state index contributed by atoms with van der Waals surface area (Å²) in [5.41, 5.74) is 3.78. The summed E-state index contributed by atoms with van der Waals surface area (Å²) in [5.74, 6) is -0.296. The Bertz CT molecular complexity index is 550. The zero-order valence-electron chi connectivity index (χ0n) is 10.5. The summed E-state index contributed by atoms with van der Waals surface area (Å²) in [6.45, 7) is 4.27. The number of aromatic nitrogens is 1. The molecule has 1 aromatic carbocycles. The van der Waals surface area contributed by atoms with Crippen molar-refractivity contribution in [3.05, 3.63) is 65.0 Å². The molecule has 0 aliphatic rings. The number of pyridine rings is 1. The second kappa shape index (κ2) is 5.45. The molecule has 0 bridgehead atoms. The average Bonchev–Trinajstić information content (AvgIpc) is 2.40. The van der Waals surface area contributed by atoms with Crippen molar-refractivity contribution in [2.75, 3.05) is 0 Å². The summed E-state index contributed by atoms with van der Waals surface area (Å²) in [5, 5.41) is 0. The molecule has 0 amide bonds. The lowest BCUT2D eigenvalue weighted by Gasteiger charge is -2.06. The molecule has 1 aromatic heterocycles. The Morgan fingerprint density at radius 2 is 1.83 bits per heavy atom. The molecule has 0 saturated heterocycles. The molecule has 0 saturated carbocycles. The van der Waals surface area contributed by atoms with Crippen LogP contribution >= 0.6 is 0 Å². The fraction of sp³-hybridized carbons (Fsp3) is 0.200. The van der Waals surface area contributed by atoms with Crippen LogP contribution in [0.4, 0.5) is 0 Å². The van der Waals surface area contributed by atoms with Crippen LogP contribution in [0.15, 0.2) is 42.7 Å². The van der Waals surface area contributed by atoms with Gasteiger partial charge in [-0.2, -0.15) is 0 Å². The topological polar surface area (TPSA) is 39.2 Å². The Morgan fingerprint density at radius 1 is 1.11 bits per heavy atom. The number of carbonyl (C=O) groups is 1. The Morgan fingerprint density at radius 3 is 2.50 bits per heavy atom. The van der Waals surface area contributed by atoms with E-state index < -0.39 is 0 Å². The van der Waals surface area contributed by atoms with E-state index in [4.69, 9.17) is 4.74 Å². The van der Waals surface area contributed by atoms with Crippen LogP contribution in [-0.4, -0.2) is 11.0 Å². The normalized spacial score (nSPS) is 10.1. The van der Waals surface area contributed by atoms with Crippen LogP contribution in [-0.2, 0) is 11.3 Å². The predicted octanol–water partition coefficient (Wildman–Crippen LogP) is 3.06. The molecule has 0 aliphatic heterocycles. The number of aryl methyl sites for hydroxylation is 2. The first-order valence-electron chi connectivity index (χ1n) is 5.80. The molecule has 18 heavy (non-hydrogen) atoms. The summed E-state index contributed by atoms with van der Waals surface area (Å²) < 4.78 is 5.24. The quantitative estimate of drug-likeness (QED) is 0.775. The van der Waals surface area contributed by atoms with Gasteiger partial charge in [-0.05, 0) is 54.8 Å². The van der Waals surface area contributed by atoms with E-state index in [1.165, 1.54) is 5.56 Å². The molecule has 0 unspecified atom stereocenters. The molecule has 0 fully saturated rings. The van der Waals surface area contributed by atoms with Crippen LogP contribution in [0.2, 0.25) is 0 Å². The fourth-order valence-electron chi connectivity index (χ4n) is 1.58. The Labute approximate surface area is 106 Å². The van der Waals surface area contributed by atoms with Crippen molar-refractivity contribution in [3.8, 4) is 0 Å². The number of carbonyl (C=O) groups excluding carboxylic acids is 1. The molecule has 1 heterocycles. The fourth-order valence-corrected chi connectivity index (χ4v) is 1.58. The lowest BCUT2D eigenvalue weighted by Crippen LogP contribution is -2.05. The van der Waals surface area contributed by atoms with Crippen LogP contribution in [0.3, 0.4) is 0 Å². The number of benzene rings is 1. The minimum absolute atomic E-state index is 0.272. The Hall–Kier alpha value is -2.16. The summed E-state index contributed by atoms with van der Waals surface area (Å²) >= 11 is 0. The lowest BCUT2D eigenvalue weighted by molar-refractivity contribution is 0.0472. The highest BCUT2D eigenvalue weighted by Crippen LogP contribution is 2.11. The number of rotatable bonds is 3. The Kier molecular flexibility index (Phi) is 3.72. The van der Waals surface area contributed by atoms with Gasteiger partial charge in [0.15, 0.2) is 0 Å². The third-order valence-corrected chi connectivity index (χ3v) is 2.86. The number of ether oxygens (including phenoxy) is 1. The zero-order valence-corrected chi connectivity index (χ0v) is 10.5. The van der Waals surface area contributed by atoms with Crippen molar-refractivity contribution in [1.29, 1.82) is 0 Å². The smallest absolute Gasteiger partial charge is 0.338 e. The van der Waals surface area contributed by atoms with Crippen molar-refractivity contribution in [1.82, 2.24) is 4.98 Å². The number of esters is 1. The van der Waals surface area contributed by atoms with Gasteiger partial charge in [0.1, 0.15) is 6.61 Å². The third kappa shape index (κ3) is 2.94. The van der Waals surface area contributed by atoms with Crippen molar-refractivity contribution in [3.63, 3.8) is 0 Å². The summed E-state index contributed by atoms with van der Waals surface area (Å²) in [4.78, 5) is 15.8. The van der Waals surface area contributed by atoms with Gasteiger partial charge in [0, 0.05) is 12.4 Å². The Balaban J connectivity index is 2.02. The van der Waals surface area contributed by atoms with Crippen LogP contribution in [0, 0.1) is 13.8 Å². The van der Waals surface area contributed by atoms with E-state index in [9.17, 15) is 4.79 Å². The van der Waals surface area contributed by atoms with Gasteiger partial charge >= 0.3 is 5.97 Å². The molecule has 0 atom stereocenters. The lowest BCUT2D eigenvalue weighted by atomic mass is 10.1. The maximum atomic E-state index is 11.8. The van der Waals surface area contributed by atoms with Crippen molar-refractivity contribution < 1.29 is 9.53 Å². The molecule has 0 spiro atoms. The van der Waals surface area contributed by atoms with E-state index in [2.05, 4.69) is 4.98 Å². The van der Waals surface area contributed by atoms with Crippen molar-refractivity contribution in [2.45, 2.75) is 20.5 Å². The zero-order chi connectivity index (χ0) is 13.0. The van der Waals surface area contributed by atoms with Gasteiger partial charge in [0.2, 0.25) is 0 Å². The minimum Gasteiger partial charge on any atom is -0.457 e. The summed E-state index contributed by atoms with van der Waals surface area (Å²) in [6.07, 6.45) is 3.36. The second-order valence-electron chi connectivity index (χ2n) is 4.23. The average molecular weight is 241 g/mol. The van der Waals surface area contributed by atoms with Crippen LogP contribution in [0.5, 0.6) is 0 Å². The monoisotopic (exact) mass is 241 g/mol. The standard InChI is InChI=1S/C15H15NO2/c1-11-3-4-14(9-12(11)2)15(17)18-10-13-5-7-16-8-6-13/h3-9H,10H2,1-2H3. The molecule has 0 aliphatic carbocycles. The van der Waals surface area contributed by atoms with Gasteiger partial charge in [-0.15, -0.1) is 0 Å². The highest BCUT2D eigenvalue weighted by molar-refractivity contribution is 5.89. The van der Waals surface area contributed by atoms with E-state index >= 15 is 0 Å². The van der Waals surface area contributed by atoms with Gasteiger partial charge in [-0.25, -0.2) is 4.79 Å². The van der Waals surface area contributed by atoms with E-state index in [0.717, 1.165) is 11.1 Å². The molecular formula is C15H15NO2. The molecule has 2 aromatic rings. The molecule has 3 heteroatoms. The van der Waals surface area contributed by atoms with E-state index in [0.29, 0.717) is 5.56 Å². The summed E-state index contributed by atoms with van der Waals surface area (Å²) in [7, 11) is 0. The van der Waals surface area contributed by atoms with Crippen LogP contribution in [0.25, 0.3) is 0 Å². The molecule has 0 N–H and O–H groups in total. The molecular weight excluding hydrogens is 226 g/mol. The predicted molar refractivity (Wildman–Crippen MR) is 69.3 cm³/mol. The molecule has 3 nitrogen and oxygen atoms in total. The largest absolute Gasteiger partial charge is 0.457 e. The van der Waals surface area contributed by atoms with Gasteiger partial charge in [0.25, 0.3) is 0 Å². The highest BCUT2D eigenvalue weighted by atomic mass is 16.5. The number of nitrogens with zero attached hydrogens (tertiary/aromatic N) is 1.